The van der Waals surface area contributed by atoms with E-state index in [-0.39, 0.29) is 0 Å². The highest BCUT2D eigenvalue weighted by Crippen LogP contribution is 2.32. The topological polar surface area (TPSA) is 34.1 Å². The molecule has 0 aromatic heterocycles. The first-order valence-electron chi connectivity index (χ1n) is 8.92. The lowest BCUT2D eigenvalue weighted by Crippen LogP contribution is -1.90. The van der Waals surface area contributed by atoms with Crippen LogP contribution in [-0.4, -0.2) is 8.42 Å². The Morgan fingerprint density at radius 2 is 0.862 bits per heavy atom. The maximum atomic E-state index is 12.0. The van der Waals surface area contributed by atoms with E-state index in [4.69, 9.17) is 23.2 Å². The minimum Gasteiger partial charge on any atom is -0.227 e. The van der Waals surface area contributed by atoms with Crippen molar-refractivity contribution in [3.05, 3.63) is 101 Å². The van der Waals surface area contributed by atoms with Crippen molar-refractivity contribution in [2.75, 3.05) is 0 Å². The second-order valence-electron chi connectivity index (χ2n) is 6.58. The van der Waals surface area contributed by atoms with Crippen molar-refractivity contribution in [3.63, 3.8) is 0 Å². The molecule has 0 saturated heterocycles. The lowest BCUT2D eigenvalue weighted by Gasteiger charge is -2.10. The Balaban J connectivity index is 1.72. The Labute approximate surface area is 181 Å². The van der Waals surface area contributed by atoms with Crippen molar-refractivity contribution in [3.8, 4) is 33.4 Å². The lowest BCUT2D eigenvalue weighted by molar-refractivity contribution is 0.615. The Morgan fingerprint density at radius 1 is 0.483 bits per heavy atom. The Morgan fingerprint density at radius 3 is 1.34 bits per heavy atom. The van der Waals surface area contributed by atoms with Crippen molar-refractivity contribution in [2.45, 2.75) is 4.90 Å². The highest BCUT2D eigenvalue weighted by molar-refractivity contribution is 7.72. The molecule has 0 bridgehead atoms. The van der Waals surface area contributed by atoms with Crippen LogP contribution in [0, 0.1) is 0 Å². The monoisotopic (exact) mass is 438 g/mol. The van der Waals surface area contributed by atoms with Gasteiger partial charge in [0.05, 0.1) is 4.90 Å². The van der Waals surface area contributed by atoms with Crippen molar-refractivity contribution >= 4 is 33.9 Å². The zero-order valence-corrected chi connectivity index (χ0v) is 17.6. The van der Waals surface area contributed by atoms with Gasteiger partial charge in [-0.05, 0) is 58.1 Å². The van der Waals surface area contributed by atoms with E-state index in [1.54, 1.807) is 18.2 Å². The fraction of sp³-hybridized carbons (Fsp3) is 0. The van der Waals surface area contributed by atoms with Gasteiger partial charge >= 0.3 is 0 Å². The molecule has 0 radical (unpaired) electrons. The average Bonchev–Trinajstić information content (AvgIpc) is 2.74. The summed E-state index contributed by atoms with van der Waals surface area (Å²) >= 11 is 11.9. The van der Waals surface area contributed by atoms with Crippen LogP contribution in [0.15, 0.2) is 95.9 Å². The zero-order chi connectivity index (χ0) is 20.4. The zero-order valence-electron chi connectivity index (χ0n) is 15.2. The summed E-state index contributed by atoms with van der Waals surface area (Å²) in [6.07, 6.45) is 0. The van der Waals surface area contributed by atoms with Gasteiger partial charge in [0.15, 0.2) is 10.7 Å². The molecule has 4 aromatic rings. The minimum atomic E-state index is -2.75. The number of thiol groups is 1. The highest BCUT2D eigenvalue weighted by Gasteiger charge is 2.10. The quantitative estimate of drug-likeness (QED) is 0.349. The normalized spacial score (nSPS) is 11.0. The molecule has 144 valence electrons. The van der Waals surface area contributed by atoms with Gasteiger partial charge in [-0.1, -0.05) is 83.9 Å². The third-order valence-electron chi connectivity index (χ3n) is 4.75. The average molecular weight is 439 g/mol. The van der Waals surface area contributed by atoms with E-state index >= 15 is 0 Å². The summed E-state index contributed by atoms with van der Waals surface area (Å²) in [5.41, 5.74) is 5.36. The van der Waals surface area contributed by atoms with Crippen LogP contribution >= 0.6 is 23.2 Å². The van der Waals surface area contributed by atoms with E-state index in [1.807, 2.05) is 72.8 Å². The molecule has 0 aliphatic heterocycles. The van der Waals surface area contributed by atoms with Crippen molar-refractivity contribution in [2.24, 2.45) is 0 Å². The molecule has 0 N–H and O–H groups in total. The van der Waals surface area contributed by atoms with Crippen LogP contribution in [-0.2, 0) is 10.7 Å². The van der Waals surface area contributed by atoms with E-state index in [1.165, 1.54) is 0 Å². The van der Waals surface area contributed by atoms with Crippen LogP contribution in [0.25, 0.3) is 33.4 Å². The predicted molar refractivity (Wildman–Crippen MR) is 121 cm³/mol. The molecule has 2 nitrogen and oxygen atoms in total. The fourth-order valence-electron chi connectivity index (χ4n) is 3.23. The van der Waals surface area contributed by atoms with E-state index in [2.05, 4.69) is 0 Å². The largest absolute Gasteiger partial charge is 0.227 e. The second-order valence-corrected chi connectivity index (χ2v) is 8.45. The first-order valence-corrected chi connectivity index (χ1v) is 10.9. The maximum Gasteiger partial charge on any atom is 0.168 e. The molecular formula is C24H16Cl2O2S. The second kappa shape index (κ2) is 8.42. The van der Waals surface area contributed by atoms with Gasteiger partial charge in [-0.2, -0.15) is 0 Å². The van der Waals surface area contributed by atoms with Gasteiger partial charge in [-0.3, -0.25) is 0 Å². The molecule has 0 aliphatic carbocycles. The van der Waals surface area contributed by atoms with Crippen LogP contribution in [0.3, 0.4) is 0 Å². The summed E-state index contributed by atoms with van der Waals surface area (Å²) in [7, 11) is -2.75. The van der Waals surface area contributed by atoms with Crippen molar-refractivity contribution < 1.29 is 8.42 Å². The molecule has 0 atom stereocenters. The number of hydrogen-bond donors (Lipinski definition) is 1. The van der Waals surface area contributed by atoms with E-state index in [0.717, 1.165) is 27.8 Å². The molecule has 0 aliphatic rings. The molecule has 29 heavy (non-hydrogen) atoms. The smallest absolute Gasteiger partial charge is 0.168 e. The first-order chi connectivity index (χ1) is 14.0. The standard InChI is InChI=1S/C24H16Cl2O2S/c25-21-10-5-17(6-11-21)16-1-3-19(4-2-16)23-14-9-20(15-24(23)29(27)28)18-7-12-22(26)13-8-18/h1-15,29H. The summed E-state index contributed by atoms with van der Waals surface area (Å²) in [6.45, 7) is 0. The summed E-state index contributed by atoms with van der Waals surface area (Å²) in [6, 6.07) is 28.2. The summed E-state index contributed by atoms with van der Waals surface area (Å²) < 4.78 is 23.9. The van der Waals surface area contributed by atoms with E-state index < -0.39 is 10.7 Å². The van der Waals surface area contributed by atoms with Crippen molar-refractivity contribution in [1.29, 1.82) is 0 Å². The third-order valence-corrected chi connectivity index (χ3v) is 6.01. The molecule has 4 rings (SSSR count). The molecule has 0 spiro atoms. The predicted octanol–water partition coefficient (Wildman–Crippen LogP) is 6.96. The summed E-state index contributed by atoms with van der Waals surface area (Å²) in [4.78, 5) is 0.298. The van der Waals surface area contributed by atoms with Gasteiger partial charge in [0.2, 0.25) is 0 Å². The van der Waals surface area contributed by atoms with Gasteiger partial charge < -0.3 is 0 Å². The molecule has 0 unspecified atom stereocenters. The Hall–Kier alpha value is -2.59. The van der Waals surface area contributed by atoms with Crippen LogP contribution in [0.1, 0.15) is 0 Å². The van der Waals surface area contributed by atoms with Crippen LogP contribution in [0.4, 0.5) is 0 Å². The van der Waals surface area contributed by atoms with Gasteiger partial charge in [0.25, 0.3) is 0 Å². The summed E-state index contributed by atoms with van der Waals surface area (Å²) in [5.74, 6) is 0. The molecule has 0 fully saturated rings. The van der Waals surface area contributed by atoms with Gasteiger partial charge in [0.1, 0.15) is 0 Å². The number of hydrogen-bond acceptors (Lipinski definition) is 2. The van der Waals surface area contributed by atoms with Crippen LogP contribution in [0.2, 0.25) is 10.0 Å². The molecule has 4 aromatic carbocycles. The molecule has 0 saturated carbocycles. The first kappa shape index (κ1) is 19.7. The molecular weight excluding hydrogens is 423 g/mol. The summed E-state index contributed by atoms with van der Waals surface area (Å²) in [5, 5.41) is 1.33. The highest BCUT2D eigenvalue weighted by atomic mass is 35.5. The van der Waals surface area contributed by atoms with Gasteiger partial charge in [-0.25, -0.2) is 8.42 Å². The van der Waals surface area contributed by atoms with E-state index in [9.17, 15) is 8.42 Å². The Kier molecular flexibility index (Phi) is 5.72. The van der Waals surface area contributed by atoms with E-state index in [0.29, 0.717) is 20.5 Å². The lowest BCUT2D eigenvalue weighted by atomic mass is 9.98. The maximum absolute atomic E-state index is 12.0. The number of rotatable bonds is 4. The Bertz CT molecular complexity index is 1220. The molecule has 0 amide bonds. The van der Waals surface area contributed by atoms with Crippen LogP contribution in [0.5, 0.6) is 0 Å². The van der Waals surface area contributed by atoms with Gasteiger partial charge in [-0.15, -0.1) is 0 Å². The van der Waals surface area contributed by atoms with Gasteiger partial charge in [0, 0.05) is 15.6 Å². The molecule has 5 heteroatoms. The minimum absolute atomic E-state index is 0.298. The number of halogens is 2. The van der Waals surface area contributed by atoms with Crippen LogP contribution < -0.4 is 0 Å². The SMILES string of the molecule is O=[SH](=O)c1cc(-c2ccc(Cl)cc2)ccc1-c1ccc(-c2ccc(Cl)cc2)cc1. The molecule has 0 heterocycles. The number of benzene rings is 4. The third kappa shape index (κ3) is 4.38. The van der Waals surface area contributed by atoms with Crippen molar-refractivity contribution in [1.82, 2.24) is 0 Å². The fourth-order valence-corrected chi connectivity index (χ4v) is 4.13.